The molecule has 2 aliphatic rings. The van der Waals surface area contributed by atoms with Crippen molar-refractivity contribution in [2.45, 2.75) is 24.9 Å². The maximum Gasteiger partial charge on any atom is 0.416 e. The average Bonchev–Trinajstić information content (AvgIpc) is 3.37. The second-order valence-corrected chi connectivity index (χ2v) is 8.07. The maximum atomic E-state index is 13.2. The highest BCUT2D eigenvalue weighted by Crippen LogP contribution is 2.43. The Bertz CT molecular complexity index is 1230. The summed E-state index contributed by atoms with van der Waals surface area (Å²) in [7, 11) is 0. The summed E-state index contributed by atoms with van der Waals surface area (Å²) in [6.07, 6.45) is -1.41. The van der Waals surface area contributed by atoms with Crippen LogP contribution in [0, 0.1) is 0 Å². The molecule has 0 bridgehead atoms. The molecule has 1 aliphatic carbocycles. The van der Waals surface area contributed by atoms with Gasteiger partial charge in [-0.3, -0.25) is 9.69 Å². The number of hydrogen-bond donors (Lipinski definition) is 2. The number of nitrogens with zero attached hydrogens (tertiary/aromatic N) is 3. The number of carbonyl (C=O) groups excluding carboxylic acids is 2. The highest BCUT2D eigenvalue weighted by Gasteiger charge is 2.34. The first-order chi connectivity index (χ1) is 15.8. The SMILES string of the molecule is O=C(Nc1cccc(N2CCNC2=O)c1)c1cnn(-c2cccc(C(F)(F)F)c2)c1C1CC1. The molecule has 3 amide bonds. The number of nitrogens with one attached hydrogen (secondary N) is 2. The van der Waals surface area contributed by atoms with Crippen molar-refractivity contribution in [2.75, 3.05) is 23.3 Å². The van der Waals surface area contributed by atoms with Gasteiger partial charge in [-0.1, -0.05) is 12.1 Å². The topological polar surface area (TPSA) is 79.3 Å². The number of amides is 3. The minimum atomic E-state index is -4.47. The van der Waals surface area contributed by atoms with Gasteiger partial charge in [0.1, 0.15) is 0 Å². The number of carbonyl (C=O) groups is 2. The summed E-state index contributed by atoms with van der Waals surface area (Å²) in [4.78, 5) is 26.6. The van der Waals surface area contributed by atoms with Crippen molar-refractivity contribution in [2.24, 2.45) is 0 Å². The molecule has 170 valence electrons. The second kappa shape index (κ2) is 7.95. The first-order valence-electron chi connectivity index (χ1n) is 10.5. The molecule has 5 rings (SSSR count). The highest BCUT2D eigenvalue weighted by molar-refractivity contribution is 6.05. The average molecular weight is 455 g/mol. The Hall–Kier alpha value is -3.82. The van der Waals surface area contributed by atoms with Crippen LogP contribution in [0.5, 0.6) is 0 Å². The summed E-state index contributed by atoms with van der Waals surface area (Å²) in [5, 5.41) is 9.81. The third kappa shape index (κ3) is 4.15. The Kier molecular flexibility index (Phi) is 5.07. The van der Waals surface area contributed by atoms with E-state index in [1.54, 1.807) is 35.2 Å². The number of rotatable bonds is 5. The summed E-state index contributed by atoms with van der Waals surface area (Å²) in [5.74, 6) is -0.347. The molecule has 2 N–H and O–H groups in total. The van der Waals surface area contributed by atoms with Crippen LogP contribution >= 0.6 is 0 Å². The lowest BCUT2D eigenvalue weighted by atomic mass is 10.1. The van der Waals surface area contributed by atoms with Gasteiger partial charge in [-0.15, -0.1) is 0 Å². The third-order valence-corrected chi connectivity index (χ3v) is 5.71. The Labute approximate surface area is 187 Å². The third-order valence-electron chi connectivity index (χ3n) is 5.71. The van der Waals surface area contributed by atoms with Crippen LogP contribution < -0.4 is 15.5 Å². The number of hydrogen-bond acceptors (Lipinski definition) is 3. The van der Waals surface area contributed by atoms with Gasteiger partial charge in [-0.05, 0) is 49.2 Å². The molecule has 1 aliphatic heterocycles. The molecule has 3 aromatic rings. The molecule has 0 spiro atoms. The number of urea groups is 1. The zero-order chi connectivity index (χ0) is 23.2. The van der Waals surface area contributed by atoms with Crippen LogP contribution in [0.15, 0.2) is 54.7 Å². The first kappa shape index (κ1) is 21.0. The van der Waals surface area contributed by atoms with E-state index in [2.05, 4.69) is 15.7 Å². The second-order valence-electron chi connectivity index (χ2n) is 8.07. The molecular weight excluding hydrogens is 435 g/mol. The summed E-state index contributed by atoms with van der Waals surface area (Å²) < 4.78 is 41.0. The van der Waals surface area contributed by atoms with Crippen LogP contribution in [-0.2, 0) is 6.18 Å². The van der Waals surface area contributed by atoms with Crippen LogP contribution in [0.4, 0.5) is 29.3 Å². The van der Waals surface area contributed by atoms with Crippen LogP contribution in [-0.4, -0.2) is 34.8 Å². The van der Waals surface area contributed by atoms with E-state index in [1.807, 2.05) is 0 Å². The predicted molar refractivity (Wildman–Crippen MR) is 116 cm³/mol. The molecule has 10 heteroatoms. The van der Waals surface area contributed by atoms with E-state index in [9.17, 15) is 22.8 Å². The molecule has 0 atom stereocenters. The summed E-state index contributed by atoms with van der Waals surface area (Å²) in [6, 6.07) is 11.6. The first-order valence-corrected chi connectivity index (χ1v) is 10.5. The normalized spacial score (nSPS) is 16.1. The van der Waals surface area contributed by atoms with E-state index >= 15 is 0 Å². The number of anilines is 2. The lowest BCUT2D eigenvalue weighted by molar-refractivity contribution is -0.137. The van der Waals surface area contributed by atoms with E-state index in [4.69, 9.17) is 0 Å². The van der Waals surface area contributed by atoms with Crippen molar-refractivity contribution in [3.8, 4) is 5.69 Å². The molecule has 0 unspecified atom stereocenters. The minimum absolute atomic E-state index is 0.0578. The number of halogens is 3. The standard InChI is InChI=1S/C23H20F3N5O2/c24-23(25,26)15-3-1-6-18(11-15)31-20(14-7-8-14)19(13-28-31)21(32)29-16-4-2-5-17(12-16)30-10-9-27-22(30)33/h1-6,11-14H,7-10H2,(H,27,33)(H,29,32). The van der Waals surface area contributed by atoms with Gasteiger partial charge in [0, 0.05) is 30.4 Å². The summed E-state index contributed by atoms with van der Waals surface area (Å²) >= 11 is 0. The molecule has 2 heterocycles. The fourth-order valence-corrected chi connectivity index (χ4v) is 3.97. The number of aromatic nitrogens is 2. The molecule has 2 aromatic carbocycles. The van der Waals surface area contributed by atoms with Gasteiger partial charge in [-0.2, -0.15) is 18.3 Å². The molecule has 1 saturated heterocycles. The van der Waals surface area contributed by atoms with E-state index < -0.39 is 17.6 Å². The van der Waals surface area contributed by atoms with Crippen molar-refractivity contribution >= 4 is 23.3 Å². The van der Waals surface area contributed by atoms with Gasteiger partial charge in [0.25, 0.3) is 5.91 Å². The van der Waals surface area contributed by atoms with Gasteiger partial charge < -0.3 is 10.6 Å². The van der Waals surface area contributed by atoms with Crippen LogP contribution in [0.1, 0.15) is 40.4 Å². The fraction of sp³-hybridized carbons (Fsp3) is 0.261. The van der Waals surface area contributed by atoms with Crippen molar-refractivity contribution in [1.82, 2.24) is 15.1 Å². The van der Waals surface area contributed by atoms with Gasteiger partial charge in [0.05, 0.1) is 28.7 Å². The van der Waals surface area contributed by atoms with Crippen molar-refractivity contribution < 1.29 is 22.8 Å². The van der Waals surface area contributed by atoms with Crippen molar-refractivity contribution in [3.05, 3.63) is 71.5 Å². The van der Waals surface area contributed by atoms with Crippen LogP contribution in [0.25, 0.3) is 5.69 Å². The zero-order valence-corrected chi connectivity index (χ0v) is 17.4. The van der Waals surface area contributed by atoms with Crippen molar-refractivity contribution in [1.29, 1.82) is 0 Å². The zero-order valence-electron chi connectivity index (χ0n) is 17.4. The maximum absolute atomic E-state index is 13.2. The van der Waals surface area contributed by atoms with Gasteiger partial charge in [0.2, 0.25) is 0 Å². The van der Waals surface area contributed by atoms with Crippen molar-refractivity contribution in [3.63, 3.8) is 0 Å². The summed E-state index contributed by atoms with van der Waals surface area (Å²) in [6.45, 7) is 1.08. The Balaban J connectivity index is 1.43. The predicted octanol–water partition coefficient (Wildman–Crippen LogP) is 4.55. The Morgan fingerprint density at radius 2 is 1.85 bits per heavy atom. The molecule has 1 aromatic heterocycles. The van der Waals surface area contributed by atoms with E-state index in [1.165, 1.54) is 16.9 Å². The minimum Gasteiger partial charge on any atom is -0.336 e. The molecule has 33 heavy (non-hydrogen) atoms. The van der Waals surface area contributed by atoms with E-state index in [-0.39, 0.29) is 17.6 Å². The highest BCUT2D eigenvalue weighted by atomic mass is 19.4. The Morgan fingerprint density at radius 3 is 2.55 bits per heavy atom. The summed E-state index contributed by atoms with van der Waals surface area (Å²) in [5.41, 5.74) is 1.57. The van der Waals surface area contributed by atoms with Gasteiger partial charge in [-0.25, -0.2) is 9.48 Å². The molecular formula is C23H20F3N5O2. The molecule has 2 fully saturated rings. The lowest BCUT2D eigenvalue weighted by Gasteiger charge is -2.15. The molecule has 7 nitrogen and oxygen atoms in total. The smallest absolute Gasteiger partial charge is 0.336 e. The van der Waals surface area contributed by atoms with E-state index in [0.717, 1.165) is 25.0 Å². The van der Waals surface area contributed by atoms with E-state index in [0.29, 0.717) is 35.7 Å². The Morgan fingerprint density at radius 1 is 1.09 bits per heavy atom. The van der Waals surface area contributed by atoms with Crippen LogP contribution in [0.3, 0.4) is 0 Å². The largest absolute Gasteiger partial charge is 0.416 e. The lowest BCUT2D eigenvalue weighted by Crippen LogP contribution is -2.27. The number of benzene rings is 2. The van der Waals surface area contributed by atoms with Gasteiger partial charge in [0.15, 0.2) is 0 Å². The monoisotopic (exact) mass is 455 g/mol. The number of alkyl halides is 3. The quantitative estimate of drug-likeness (QED) is 0.593. The fourth-order valence-electron chi connectivity index (χ4n) is 3.97. The molecule has 0 radical (unpaired) electrons. The van der Waals surface area contributed by atoms with Gasteiger partial charge >= 0.3 is 12.2 Å². The molecule has 1 saturated carbocycles. The van der Waals surface area contributed by atoms with Crippen LogP contribution in [0.2, 0.25) is 0 Å².